The molecule has 90 valence electrons. The minimum absolute atomic E-state index is 0.722. The van der Waals surface area contributed by atoms with Crippen molar-refractivity contribution < 1.29 is 0 Å². The van der Waals surface area contributed by atoms with Crippen LogP contribution in [0.2, 0.25) is 0 Å². The van der Waals surface area contributed by atoms with Gasteiger partial charge >= 0.3 is 0 Å². The molecular formula is C12H14BrN3S. The molecule has 0 bridgehead atoms. The van der Waals surface area contributed by atoms with E-state index in [0.29, 0.717) is 0 Å². The molecule has 0 amide bonds. The van der Waals surface area contributed by atoms with Gasteiger partial charge in [0.05, 0.1) is 11.0 Å². The van der Waals surface area contributed by atoms with Crippen LogP contribution < -0.4 is 5.32 Å². The summed E-state index contributed by atoms with van der Waals surface area (Å²) in [4.78, 5) is 10.0. The van der Waals surface area contributed by atoms with Gasteiger partial charge in [-0.25, -0.2) is 9.97 Å². The van der Waals surface area contributed by atoms with E-state index in [4.69, 9.17) is 0 Å². The zero-order valence-electron chi connectivity index (χ0n) is 9.83. The SMILES string of the molecule is CCc1cnc(CNc2ncc(C)cc2Br)s1. The molecule has 1 N–H and O–H groups in total. The summed E-state index contributed by atoms with van der Waals surface area (Å²) in [5, 5.41) is 4.38. The number of pyridine rings is 1. The predicted molar refractivity (Wildman–Crippen MR) is 75.5 cm³/mol. The number of nitrogens with one attached hydrogen (secondary N) is 1. The number of anilines is 1. The Bertz CT molecular complexity index is 510. The zero-order valence-corrected chi connectivity index (χ0v) is 12.2. The number of hydrogen-bond donors (Lipinski definition) is 1. The molecule has 5 heteroatoms. The van der Waals surface area contributed by atoms with Crippen molar-refractivity contribution >= 4 is 33.1 Å². The van der Waals surface area contributed by atoms with Gasteiger partial charge < -0.3 is 5.32 Å². The van der Waals surface area contributed by atoms with Gasteiger partial charge in [-0.2, -0.15) is 0 Å². The zero-order chi connectivity index (χ0) is 12.3. The van der Waals surface area contributed by atoms with Crippen molar-refractivity contribution in [3.05, 3.63) is 38.4 Å². The van der Waals surface area contributed by atoms with Crippen LogP contribution in [0.5, 0.6) is 0 Å². The van der Waals surface area contributed by atoms with Crippen LogP contribution in [0.15, 0.2) is 22.9 Å². The molecule has 3 nitrogen and oxygen atoms in total. The van der Waals surface area contributed by atoms with E-state index >= 15 is 0 Å². The molecule has 0 saturated carbocycles. The summed E-state index contributed by atoms with van der Waals surface area (Å²) in [5.74, 6) is 0.865. The second kappa shape index (κ2) is 5.60. The first-order valence-electron chi connectivity index (χ1n) is 5.48. The van der Waals surface area contributed by atoms with Crippen LogP contribution in [0.3, 0.4) is 0 Å². The first kappa shape index (κ1) is 12.5. The summed E-state index contributed by atoms with van der Waals surface area (Å²) in [5.41, 5.74) is 1.14. The highest BCUT2D eigenvalue weighted by Crippen LogP contribution is 2.22. The molecular weight excluding hydrogens is 298 g/mol. The molecule has 0 fully saturated rings. The van der Waals surface area contributed by atoms with Gasteiger partial charge in [-0.15, -0.1) is 11.3 Å². The van der Waals surface area contributed by atoms with Gasteiger partial charge in [0.25, 0.3) is 0 Å². The van der Waals surface area contributed by atoms with Crippen LogP contribution >= 0.6 is 27.3 Å². The first-order valence-corrected chi connectivity index (χ1v) is 7.09. The Kier molecular flexibility index (Phi) is 4.12. The average Bonchev–Trinajstić information content (AvgIpc) is 2.76. The third-order valence-electron chi connectivity index (χ3n) is 2.33. The molecule has 0 saturated heterocycles. The lowest BCUT2D eigenvalue weighted by molar-refractivity contribution is 1.07. The molecule has 0 aliphatic heterocycles. The summed E-state index contributed by atoms with van der Waals surface area (Å²) in [7, 11) is 0. The fourth-order valence-electron chi connectivity index (χ4n) is 1.42. The summed E-state index contributed by atoms with van der Waals surface area (Å²) < 4.78 is 0.991. The second-order valence-corrected chi connectivity index (χ2v) is 5.82. The van der Waals surface area contributed by atoms with Crippen LogP contribution in [-0.2, 0) is 13.0 Å². The number of aryl methyl sites for hydroxylation is 2. The Morgan fingerprint density at radius 3 is 2.82 bits per heavy atom. The van der Waals surface area contributed by atoms with Crippen molar-refractivity contribution in [2.45, 2.75) is 26.8 Å². The average molecular weight is 312 g/mol. The smallest absolute Gasteiger partial charge is 0.140 e. The van der Waals surface area contributed by atoms with Crippen molar-refractivity contribution in [1.82, 2.24) is 9.97 Å². The number of aromatic nitrogens is 2. The second-order valence-electron chi connectivity index (χ2n) is 3.77. The molecule has 2 aromatic rings. The normalized spacial score (nSPS) is 10.5. The molecule has 0 aromatic carbocycles. The van der Waals surface area contributed by atoms with Crippen molar-refractivity contribution in [2.75, 3.05) is 5.32 Å². The summed E-state index contributed by atoms with van der Waals surface area (Å²) in [6.07, 6.45) is 4.84. The van der Waals surface area contributed by atoms with Crippen LogP contribution in [0, 0.1) is 6.92 Å². The van der Waals surface area contributed by atoms with Gasteiger partial charge in [0.15, 0.2) is 0 Å². The monoisotopic (exact) mass is 311 g/mol. The van der Waals surface area contributed by atoms with Crippen LogP contribution in [0.25, 0.3) is 0 Å². The Morgan fingerprint density at radius 2 is 2.18 bits per heavy atom. The standard InChI is InChI=1S/C12H14BrN3S/c1-3-9-6-14-11(17-9)7-16-12-10(13)4-8(2)5-15-12/h4-6H,3,7H2,1-2H3,(H,15,16). The van der Waals surface area contributed by atoms with Crippen LogP contribution in [-0.4, -0.2) is 9.97 Å². The van der Waals surface area contributed by atoms with E-state index in [9.17, 15) is 0 Å². The van der Waals surface area contributed by atoms with E-state index in [1.165, 1.54) is 4.88 Å². The molecule has 0 aliphatic rings. The topological polar surface area (TPSA) is 37.8 Å². The Balaban J connectivity index is 2.02. The molecule has 0 spiro atoms. The van der Waals surface area contributed by atoms with E-state index in [1.54, 1.807) is 11.3 Å². The van der Waals surface area contributed by atoms with Gasteiger partial charge in [-0.1, -0.05) is 6.92 Å². The summed E-state index contributed by atoms with van der Waals surface area (Å²) in [6.45, 7) is 4.89. The fraction of sp³-hybridized carbons (Fsp3) is 0.333. The number of hydrogen-bond acceptors (Lipinski definition) is 4. The molecule has 0 atom stereocenters. The number of thiazole rings is 1. The van der Waals surface area contributed by atoms with E-state index in [-0.39, 0.29) is 0 Å². The highest BCUT2D eigenvalue weighted by atomic mass is 79.9. The van der Waals surface area contributed by atoms with Crippen molar-refractivity contribution in [3.63, 3.8) is 0 Å². The molecule has 2 heterocycles. The largest absolute Gasteiger partial charge is 0.363 e. The van der Waals surface area contributed by atoms with E-state index < -0.39 is 0 Å². The van der Waals surface area contributed by atoms with Crippen molar-refractivity contribution in [1.29, 1.82) is 0 Å². The van der Waals surface area contributed by atoms with Crippen molar-refractivity contribution in [3.8, 4) is 0 Å². The number of halogens is 1. The molecule has 0 unspecified atom stereocenters. The first-order chi connectivity index (χ1) is 8.19. The van der Waals surface area contributed by atoms with E-state index in [1.807, 2.05) is 19.3 Å². The van der Waals surface area contributed by atoms with Gasteiger partial charge in [-0.3, -0.25) is 0 Å². The minimum atomic E-state index is 0.722. The van der Waals surface area contributed by atoms with Gasteiger partial charge in [-0.05, 0) is 40.9 Å². The van der Waals surface area contributed by atoms with Gasteiger partial charge in [0, 0.05) is 17.3 Å². The predicted octanol–water partition coefficient (Wildman–Crippen LogP) is 3.78. The Labute approximate surface area is 113 Å². The minimum Gasteiger partial charge on any atom is -0.363 e. The van der Waals surface area contributed by atoms with Crippen molar-refractivity contribution in [2.24, 2.45) is 0 Å². The number of rotatable bonds is 4. The van der Waals surface area contributed by atoms with E-state index in [0.717, 1.165) is 33.8 Å². The van der Waals surface area contributed by atoms with Crippen LogP contribution in [0.4, 0.5) is 5.82 Å². The maximum Gasteiger partial charge on any atom is 0.140 e. The lowest BCUT2D eigenvalue weighted by Crippen LogP contribution is -2.01. The summed E-state index contributed by atoms with van der Waals surface area (Å²) in [6, 6.07) is 2.05. The highest BCUT2D eigenvalue weighted by molar-refractivity contribution is 9.10. The van der Waals surface area contributed by atoms with Gasteiger partial charge in [0.1, 0.15) is 10.8 Å². The van der Waals surface area contributed by atoms with Crippen LogP contribution in [0.1, 0.15) is 22.4 Å². The lowest BCUT2D eigenvalue weighted by Gasteiger charge is -2.06. The highest BCUT2D eigenvalue weighted by Gasteiger charge is 2.04. The maximum absolute atomic E-state index is 4.36. The molecule has 17 heavy (non-hydrogen) atoms. The Morgan fingerprint density at radius 1 is 1.35 bits per heavy atom. The summed E-state index contributed by atoms with van der Waals surface area (Å²) >= 11 is 5.24. The fourth-order valence-corrected chi connectivity index (χ4v) is 2.82. The third kappa shape index (κ3) is 3.26. The van der Waals surface area contributed by atoms with E-state index in [2.05, 4.69) is 44.2 Å². The van der Waals surface area contributed by atoms with Gasteiger partial charge in [0.2, 0.25) is 0 Å². The lowest BCUT2D eigenvalue weighted by atomic mass is 10.3. The molecule has 2 rings (SSSR count). The molecule has 0 aliphatic carbocycles. The molecule has 0 radical (unpaired) electrons. The molecule has 2 aromatic heterocycles. The Hall–Kier alpha value is -0.940. The third-order valence-corrected chi connectivity index (χ3v) is 4.08. The quantitative estimate of drug-likeness (QED) is 0.933. The number of nitrogens with zero attached hydrogens (tertiary/aromatic N) is 2. The maximum atomic E-state index is 4.36.